The van der Waals surface area contributed by atoms with E-state index in [-0.39, 0.29) is 9.92 Å². The highest BCUT2D eigenvalue weighted by molar-refractivity contribution is 7.89. The summed E-state index contributed by atoms with van der Waals surface area (Å²) in [7, 11) is -3.57. The fourth-order valence-corrected chi connectivity index (χ4v) is 3.21. The maximum Gasteiger partial charge on any atom is 0.266 e. The Morgan fingerprint density at radius 3 is 2.53 bits per heavy atom. The first-order chi connectivity index (χ1) is 7.93. The minimum atomic E-state index is -3.57. The molecule has 0 saturated heterocycles. The molecule has 0 aromatic carbocycles. The van der Waals surface area contributed by atoms with Gasteiger partial charge in [-0.15, -0.1) is 0 Å². The third-order valence-corrected chi connectivity index (χ3v) is 4.53. The molecule has 0 radical (unpaired) electrons. The molecule has 96 valence electrons. The zero-order valence-corrected chi connectivity index (χ0v) is 11.3. The molecule has 0 aliphatic carbocycles. The molecule has 0 saturated carbocycles. The zero-order chi connectivity index (χ0) is 13.1. The van der Waals surface area contributed by atoms with Gasteiger partial charge >= 0.3 is 0 Å². The van der Waals surface area contributed by atoms with Crippen LogP contribution in [-0.2, 0) is 10.0 Å². The average Bonchev–Trinajstić information content (AvgIpc) is 2.29. The van der Waals surface area contributed by atoms with E-state index in [1.54, 1.807) is 6.92 Å². The first kappa shape index (κ1) is 14.2. The van der Waals surface area contributed by atoms with Crippen LogP contribution in [0.5, 0.6) is 0 Å². The Kier molecular flexibility index (Phi) is 4.73. The fourth-order valence-electron chi connectivity index (χ4n) is 1.43. The number of halogens is 1. The summed E-state index contributed by atoms with van der Waals surface area (Å²) >= 11 is 5.62. The first-order valence-corrected chi connectivity index (χ1v) is 7.13. The molecule has 0 atom stereocenters. The number of sulfonamides is 1. The normalized spacial score (nSPS) is 12.0. The van der Waals surface area contributed by atoms with E-state index < -0.39 is 15.6 Å². The molecule has 0 bridgehead atoms. The van der Waals surface area contributed by atoms with E-state index in [4.69, 9.17) is 11.6 Å². The van der Waals surface area contributed by atoms with Crippen molar-refractivity contribution < 1.29 is 8.42 Å². The highest BCUT2D eigenvalue weighted by Gasteiger charge is 2.23. The molecule has 0 amide bonds. The summed E-state index contributed by atoms with van der Waals surface area (Å²) in [6.07, 6.45) is 1.89. The zero-order valence-electron chi connectivity index (χ0n) is 9.73. The number of aromatic nitrogens is 1. The predicted octanol–water partition coefficient (Wildman–Crippen LogP) is 1.45. The monoisotopic (exact) mass is 278 g/mol. The van der Waals surface area contributed by atoms with Crippen LogP contribution in [0, 0.1) is 0 Å². The van der Waals surface area contributed by atoms with Gasteiger partial charge in [0.05, 0.1) is 4.90 Å². The third kappa shape index (κ3) is 3.08. The van der Waals surface area contributed by atoms with Gasteiger partial charge < -0.3 is 4.98 Å². The van der Waals surface area contributed by atoms with Crippen LogP contribution in [0.4, 0.5) is 0 Å². The number of rotatable bonds is 5. The molecule has 1 aromatic heterocycles. The Bertz CT molecular complexity index is 539. The highest BCUT2D eigenvalue weighted by atomic mass is 35.5. The lowest BCUT2D eigenvalue weighted by atomic mass is 10.5. The predicted molar refractivity (Wildman–Crippen MR) is 66.8 cm³/mol. The number of aromatic amines is 1. The van der Waals surface area contributed by atoms with E-state index >= 15 is 0 Å². The summed E-state index contributed by atoms with van der Waals surface area (Å²) in [4.78, 5) is 13.4. The molecule has 0 fully saturated rings. The van der Waals surface area contributed by atoms with Crippen molar-refractivity contribution in [2.45, 2.75) is 25.2 Å². The third-order valence-electron chi connectivity index (χ3n) is 2.29. The number of H-pyrrole nitrogens is 1. The Morgan fingerprint density at radius 1 is 1.41 bits per heavy atom. The van der Waals surface area contributed by atoms with Crippen molar-refractivity contribution in [3.05, 3.63) is 27.6 Å². The topological polar surface area (TPSA) is 70.2 Å². The molecule has 7 heteroatoms. The molecule has 1 N–H and O–H groups in total. The molecule has 0 aliphatic rings. The highest BCUT2D eigenvalue weighted by Crippen LogP contribution is 2.16. The number of hydrogen-bond acceptors (Lipinski definition) is 3. The lowest BCUT2D eigenvalue weighted by molar-refractivity contribution is 0.427. The molecule has 0 unspecified atom stereocenters. The number of pyridine rings is 1. The number of hydrogen-bond donors (Lipinski definition) is 1. The Balaban J connectivity index is 3.20. The van der Waals surface area contributed by atoms with Crippen molar-refractivity contribution in [3.8, 4) is 0 Å². The summed E-state index contributed by atoms with van der Waals surface area (Å²) in [6, 6.07) is 1.17. The van der Waals surface area contributed by atoms with Crippen LogP contribution in [0.25, 0.3) is 0 Å². The van der Waals surface area contributed by atoms with Crippen molar-refractivity contribution in [1.29, 1.82) is 0 Å². The van der Waals surface area contributed by atoms with Gasteiger partial charge in [0.1, 0.15) is 5.02 Å². The van der Waals surface area contributed by atoms with Gasteiger partial charge in [-0.2, -0.15) is 4.31 Å². The van der Waals surface area contributed by atoms with E-state index in [2.05, 4.69) is 4.98 Å². The Morgan fingerprint density at radius 2 is 2.06 bits per heavy atom. The molecule has 1 aromatic rings. The molecule has 0 aliphatic heterocycles. The number of nitrogens with zero attached hydrogens (tertiary/aromatic N) is 1. The van der Waals surface area contributed by atoms with Crippen molar-refractivity contribution in [3.63, 3.8) is 0 Å². The van der Waals surface area contributed by atoms with Crippen molar-refractivity contribution in [1.82, 2.24) is 9.29 Å². The summed E-state index contributed by atoms with van der Waals surface area (Å²) in [6.45, 7) is 4.49. The Hall–Kier alpha value is -0.850. The standard InChI is InChI=1S/C10H15ClN2O3S/c1-3-5-13(4-2)17(15,16)8-6-9(11)10(14)12-7-8/h6-7H,3-5H2,1-2H3,(H,12,14). The molecule has 1 heterocycles. The van der Waals surface area contributed by atoms with Gasteiger partial charge in [-0.1, -0.05) is 25.4 Å². The fraction of sp³-hybridized carbons (Fsp3) is 0.500. The quantitative estimate of drug-likeness (QED) is 0.886. The largest absolute Gasteiger partial charge is 0.326 e. The van der Waals surface area contributed by atoms with Crippen LogP contribution < -0.4 is 5.56 Å². The second-order valence-corrected chi connectivity index (χ2v) is 5.85. The smallest absolute Gasteiger partial charge is 0.266 e. The molecule has 5 nitrogen and oxygen atoms in total. The van der Waals surface area contributed by atoms with Crippen molar-refractivity contribution >= 4 is 21.6 Å². The van der Waals surface area contributed by atoms with E-state index in [9.17, 15) is 13.2 Å². The van der Waals surface area contributed by atoms with Crippen molar-refractivity contribution in [2.75, 3.05) is 13.1 Å². The molecular formula is C10H15ClN2O3S. The lowest BCUT2D eigenvalue weighted by Gasteiger charge is -2.19. The first-order valence-electron chi connectivity index (χ1n) is 5.31. The average molecular weight is 279 g/mol. The summed E-state index contributed by atoms with van der Waals surface area (Å²) < 4.78 is 25.7. The summed E-state index contributed by atoms with van der Waals surface area (Å²) in [5.74, 6) is 0. The van der Waals surface area contributed by atoms with E-state index in [0.29, 0.717) is 13.1 Å². The van der Waals surface area contributed by atoms with Gasteiger partial charge in [0.15, 0.2) is 0 Å². The lowest BCUT2D eigenvalue weighted by Crippen LogP contribution is -2.32. The molecular weight excluding hydrogens is 264 g/mol. The van der Waals surface area contributed by atoms with Crippen LogP contribution >= 0.6 is 11.6 Å². The van der Waals surface area contributed by atoms with E-state index in [1.807, 2.05) is 6.92 Å². The van der Waals surface area contributed by atoms with Gasteiger partial charge in [-0.05, 0) is 12.5 Å². The molecule has 17 heavy (non-hydrogen) atoms. The molecule has 1 rings (SSSR count). The van der Waals surface area contributed by atoms with Gasteiger partial charge in [-0.25, -0.2) is 8.42 Å². The minimum Gasteiger partial charge on any atom is -0.326 e. The van der Waals surface area contributed by atoms with Crippen molar-refractivity contribution in [2.24, 2.45) is 0 Å². The maximum absolute atomic E-state index is 12.2. The number of nitrogens with one attached hydrogen (secondary N) is 1. The SMILES string of the molecule is CCCN(CC)S(=O)(=O)c1c[nH]c(=O)c(Cl)c1. The van der Waals surface area contributed by atoms with Gasteiger partial charge in [0, 0.05) is 19.3 Å². The second-order valence-electron chi connectivity index (χ2n) is 3.51. The maximum atomic E-state index is 12.2. The van der Waals surface area contributed by atoms with Crippen LogP contribution in [-0.4, -0.2) is 30.8 Å². The summed E-state index contributed by atoms with van der Waals surface area (Å²) in [5.41, 5.74) is -0.496. The second kappa shape index (κ2) is 5.66. The van der Waals surface area contributed by atoms with Gasteiger partial charge in [0.25, 0.3) is 5.56 Å². The van der Waals surface area contributed by atoms with Gasteiger partial charge in [-0.3, -0.25) is 4.79 Å². The summed E-state index contributed by atoms with van der Waals surface area (Å²) in [5, 5.41) is -0.126. The van der Waals surface area contributed by atoms with Gasteiger partial charge in [0.2, 0.25) is 10.0 Å². The van der Waals surface area contributed by atoms with Crippen LogP contribution in [0.3, 0.4) is 0 Å². The van der Waals surface area contributed by atoms with Crippen LogP contribution in [0.2, 0.25) is 5.02 Å². The minimum absolute atomic E-state index is 0.0115. The Labute approximate surface area is 105 Å². The van der Waals surface area contributed by atoms with Crippen LogP contribution in [0.15, 0.2) is 22.0 Å². The molecule has 0 spiro atoms. The van der Waals surface area contributed by atoms with Crippen LogP contribution in [0.1, 0.15) is 20.3 Å². The van der Waals surface area contributed by atoms with E-state index in [1.165, 1.54) is 16.6 Å². The van der Waals surface area contributed by atoms with E-state index in [0.717, 1.165) is 6.42 Å².